The van der Waals surface area contributed by atoms with Gasteiger partial charge in [-0.3, -0.25) is 14.4 Å². The smallest absolute Gasteiger partial charge is 0.272 e. The Hall–Kier alpha value is -4.20. The second-order valence-electron chi connectivity index (χ2n) is 11.1. The zero-order valence-electron chi connectivity index (χ0n) is 23.8. The topological polar surface area (TPSA) is 85.4 Å². The lowest BCUT2D eigenvalue weighted by Crippen LogP contribution is -2.32. The van der Waals surface area contributed by atoms with E-state index in [2.05, 4.69) is 65.7 Å². The molecule has 6 rings (SSSR count). The molecule has 210 valence electrons. The third-order valence-corrected chi connectivity index (χ3v) is 8.22. The zero-order chi connectivity index (χ0) is 28.3. The Bertz CT molecular complexity index is 1700. The minimum Gasteiger partial charge on any atom is -0.496 e. The minimum absolute atomic E-state index is 0.134. The number of ether oxygens (including phenoxy) is 1. The maximum Gasteiger partial charge on any atom is 0.272 e. The second-order valence-corrected chi connectivity index (χ2v) is 11.1. The molecule has 2 heterocycles. The molecule has 0 saturated heterocycles. The molecule has 1 aromatic heterocycles. The predicted molar refractivity (Wildman–Crippen MR) is 164 cm³/mol. The van der Waals surface area contributed by atoms with Gasteiger partial charge in [0.25, 0.3) is 5.91 Å². The maximum atomic E-state index is 13.7. The zero-order valence-corrected chi connectivity index (χ0v) is 23.8. The first-order chi connectivity index (χ1) is 20.1. The molecule has 0 fully saturated rings. The van der Waals surface area contributed by atoms with Crippen LogP contribution in [0.2, 0.25) is 0 Å². The summed E-state index contributed by atoms with van der Waals surface area (Å²) in [4.78, 5) is 16.1. The predicted octanol–water partition coefficient (Wildman–Crippen LogP) is 5.28. The number of fused-ring (bicyclic) bond motifs is 3. The standard InChI is InChI=1S/C34H37N5O2/c1-23(18-35)20-39-31-16-17-38(21-26-14-15-32(41-2)29-13-6-5-12-28(26)29)22-30(31)33(37-39)34(40)36-19-25-10-7-9-24-8-3-4-11-27(24)25/h3-15,23H,16-22,35H2,1-2H3,(H,36,40). The van der Waals surface area contributed by atoms with Crippen molar-refractivity contribution in [2.45, 2.75) is 39.5 Å². The fourth-order valence-electron chi connectivity index (χ4n) is 5.98. The molecule has 0 saturated carbocycles. The molecule has 0 aliphatic carbocycles. The Labute approximate surface area is 240 Å². The van der Waals surface area contributed by atoms with Gasteiger partial charge in [0, 0.05) is 55.8 Å². The van der Waals surface area contributed by atoms with E-state index in [-0.39, 0.29) is 11.8 Å². The molecule has 1 unspecified atom stereocenters. The summed E-state index contributed by atoms with van der Waals surface area (Å²) in [5.41, 5.74) is 11.0. The molecular weight excluding hydrogens is 510 g/mol. The van der Waals surface area contributed by atoms with Crippen LogP contribution in [0.1, 0.15) is 39.8 Å². The van der Waals surface area contributed by atoms with E-state index >= 15 is 0 Å². The molecule has 7 nitrogen and oxygen atoms in total. The summed E-state index contributed by atoms with van der Waals surface area (Å²) in [7, 11) is 1.71. The summed E-state index contributed by atoms with van der Waals surface area (Å²) < 4.78 is 7.63. The van der Waals surface area contributed by atoms with Gasteiger partial charge >= 0.3 is 0 Å². The SMILES string of the molecule is COc1ccc(CN2CCc3c(c(C(=O)NCc4cccc5ccccc45)nn3CC(C)CN)C2)c2ccccc12. The highest BCUT2D eigenvalue weighted by atomic mass is 16.5. The Morgan fingerprint density at radius 2 is 1.73 bits per heavy atom. The summed E-state index contributed by atoms with van der Waals surface area (Å²) in [5.74, 6) is 1.02. The number of amides is 1. The normalized spacial score (nSPS) is 14.2. The number of nitrogens with zero attached hydrogens (tertiary/aromatic N) is 3. The van der Waals surface area contributed by atoms with E-state index in [1.807, 2.05) is 35.0 Å². The Morgan fingerprint density at radius 1 is 0.976 bits per heavy atom. The number of carbonyl (C=O) groups is 1. The van der Waals surface area contributed by atoms with Gasteiger partial charge in [-0.1, -0.05) is 79.7 Å². The van der Waals surface area contributed by atoms with Crippen molar-refractivity contribution < 1.29 is 9.53 Å². The summed E-state index contributed by atoms with van der Waals surface area (Å²) in [6.07, 6.45) is 0.838. The van der Waals surface area contributed by atoms with Crippen LogP contribution in [0.15, 0.2) is 78.9 Å². The highest BCUT2D eigenvalue weighted by molar-refractivity contribution is 5.95. The van der Waals surface area contributed by atoms with Gasteiger partial charge in [-0.2, -0.15) is 5.10 Å². The molecule has 0 bridgehead atoms. The highest BCUT2D eigenvalue weighted by Crippen LogP contribution is 2.31. The van der Waals surface area contributed by atoms with Crippen LogP contribution in [0.4, 0.5) is 0 Å². The van der Waals surface area contributed by atoms with Crippen LogP contribution in [0.3, 0.4) is 0 Å². The molecule has 1 amide bonds. The Kier molecular flexibility index (Phi) is 7.72. The fraction of sp³-hybridized carbons (Fsp3) is 0.294. The first-order valence-electron chi connectivity index (χ1n) is 14.4. The van der Waals surface area contributed by atoms with Gasteiger partial charge < -0.3 is 15.8 Å². The van der Waals surface area contributed by atoms with E-state index in [4.69, 9.17) is 15.6 Å². The molecule has 7 heteroatoms. The lowest BCUT2D eigenvalue weighted by atomic mass is 10.0. The molecular formula is C34H37N5O2. The second kappa shape index (κ2) is 11.7. The molecule has 1 atom stereocenters. The van der Waals surface area contributed by atoms with Crippen LogP contribution in [0.25, 0.3) is 21.5 Å². The van der Waals surface area contributed by atoms with Crippen LogP contribution >= 0.6 is 0 Å². The number of rotatable bonds is 9. The van der Waals surface area contributed by atoms with Crippen LogP contribution in [-0.2, 0) is 32.6 Å². The van der Waals surface area contributed by atoms with Crippen molar-refractivity contribution in [3.05, 3.63) is 107 Å². The number of hydrogen-bond donors (Lipinski definition) is 2. The number of benzene rings is 4. The maximum absolute atomic E-state index is 13.7. The van der Waals surface area contributed by atoms with Crippen LogP contribution in [0.5, 0.6) is 5.75 Å². The molecule has 1 aliphatic rings. The lowest BCUT2D eigenvalue weighted by Gasteiger charge is -2.28. The number of aromatic nitrogens is 2. The van der Waals surface area contributed by atoms with Gasteiger partial charge in [0.15, 0.2) is 5.69 Å². The summed E-state index contributed by atoms with van der Waals surface area (Å²) >= 11 is 0. The summed E-state index contributed by atoms with van der Waals surface area (Å²) in [6, 6.07) is 27.0. The van der Waals surface area contributed by atoms with Crippen molar-refractivity contribution in [1.82, 2.24) is 20.0 Å². The number of methoxy groups -OCH3 is 1. The van der Waals surface area contributed by atoms with Crippen molar-refractivity contribution in [2.24, 2.45) is 11.7 Å². The van der Waals surface area contributed by atoms with E-state index in [9.17, 15) is 4.79 Å². The van der Waals surface area contributed by atoms with Crippen molar-refractivity contribution in [1.29, 1.82) is 0 Å². The van der Waals surface area contributed by atoms with E-state index in [0.717, 1.165) is 52.9 Å². The molecule has 0 spiro atoms. The average molecular weight is 548 g/mol. The Morgan fingerprint density at radius 3 is 2.54 bits per heavy atom. The highest BCUT2D eigenvalue weighted by Gasteiger charge is 2.29. The van der Waals surface area contributed by atoms with Gasteiger partial charge in [-0.25, -0.2) is 0 Å². The largest absolute Gasteiger partial charge is 0.496 e. The first-order valence-corrected chi connectivity index (χ1v) is 14.4. The Balaban J connectivity index is 1.27. The van der Waals surface area contributed by atoms with E-state index in [0.29, 0.717) is 31.9 Å². The van der Waals surface area contributed by atoms with Crippen molar-refractivity contribution >= 4 is 27.5 Å². The molecule has 3 N–H and O–H groups in total. The van der Waals surface area contributed by atoms with E-state index in [1.54, 1.807) is 7.11 Å². The van der Waals surface area contributed by atoms with Gasteiger partial charge in [-0.15, -0.1) is 0 Å². The average Bonchev–Trinajstić information content (AvgIpc) is 3.37. The lowest BCUT2D eigenvalue weighted by molar-refractivity contribution is 0.0942. The number of nitrogens with two attached hydrogens (primary N) is 1. The number of carbonyl (C=O) groups excluding carboxylic acids is 1. The molecule has 5 aromatic rings. The van der Waals surface area contributed by atoms with Gasteiger partial charge in [0.2, 0.25) is 0 Å². The van der Waals surface area contributed by atoms with Crippen LogP contribution in [-0.4, -0.2) is 40.8 Å². The third kappa shape index (κ3) is 5.43. The van der Waals surface area contributed by atoms with Crippen molar-refractivity contribution in [3.63, 3.8) is 0 Å². The minimum atomic E-state index is -0.134. The third-order valence-electron chi connectivity index (χ3n) is 8.22. The molecule has 0 radical (unpaired) electrons. The molecule has 1 aliphatic heterocycles. The molecule has 41 heavy (non-hydrogen) atoms. The number of hydrogen-bond acceptors (Lipinski definition) is 5. The van der Waals surface area contributed by atoms with Gasteiger partial charge in [0.05, 0.1) is 7.11 Å². The van der Waals surface area contributed by atoms with Crippen molar-refractivity contribution in [3.8, 4) is 5.75 Å². The molecule has 4 aromatic carbocycles. The van der Waals surface area contributed by atoms with Gasteiger partial charge in [0.1, 0.15) is 5.75 Å². The fourth-order valence-corrected chi connectivity index (χ4v) is 5.98. The number of nitrogens with one attached hydrogen (secondary N) is 1. The van der Waals surface area contributed by atoms with E-state index in [1.165, 1.54) is 16.3 Å². The monoisotopic (exact) mass is 547 g/mol. The summed E-state index contributed by atoms with van der Waals surface area (Å²) in [5, 5.41) is 12.7. The summed E-state index contributed by atoms with van der Waals surface area (Å²) in [6.45, 7) is 6.20. The van der Waals surface area contributed by atoms with E-state index < -0.39 is 0 Å². The van der Waals surface area contributed by atoms with Crippen LogP contribution < -0.4 is 15.8 Å². The van der Waals surface area contributed by atoms with Crippen molar-refractivity contribution in [2.75, 3.05) is 20.2 Å². The quantitative estimate of drug-likeness (QED) is 0.262. The first kappa shape index (κ1) is 27.0. The van der Waals surface area contributed by atoms with Crippen LogP contribution in [0, 0.1) is 5.92 Å². The van der Waals surface area contributed by atoms with Gasteiger partial charge in [-0.05, 0) is 45.8 Å².